The Kier molecular flexibility index (Phi) is 4.63. The van der Waals surface area contributed by atoms with Gasteiger partial charge in [-0.2, -0.15) is 0 Å². The number of carbonyl (C=O) groups is 1. The lowest BCUT2D eigenvalue weighted by molar-refractivity contribution is 0.102. The van der Waals surface area contributed by atoms with Crippen LogP contribution in [-0.2, 0) is 24.9 Å². The number of rotatable bonds is 4. The first kappa shape index (κ1) is 14.4. The molecule has 0 aliphatic rings. The number of hydrogen-bond donors (Lipinski definition) is 0. The van der Waals surface area contributed by atoms with Crippen LogP contribution in [0.25, 0.3) is 0 Å². The summed E-state index contributed by atoms with van der Waals surface area (Å²) in [7, 11) is 3.46. The summed E-state index contributed by atoms with van der Waals surface area (Å²) in [6, 6.07) is 9.55. The molecule has 0 radical (unpaired) electrons. The molecule has 2 aromatic rings. The van der Waals surface area contributed by atoms with Gasteiger partial charge < -0.3 is 14.2 Å². The predicted molar refractivity (Wildman–Crippen MR) is 76.3 cm³/mol. The van der Waals surface area contributed by atoms with Crippen LogP contribution in [0.4, 0.5) is 4.79 Å². The van der Waals surface area contributed by atoms with Gasteiger partial charge in [-0.15, -0.1) is 0 Å². The molecule has 1 aromatic heterocycles. The van der Waals surface area contributed by atoms with Gasteiger partial charge >= 0.3 is 6.09 Å². The Hall–Kier alpha value is -2.01. The number of ether oxygens (including phenoxy) is 1. The first-order valence-electron chi connectivity index (χ1n) is 6.16. The van der Waals surface area contributed by atoms with Crippen LogP contribution < -0.4 is 0 Å². The molecule has 0 atom stereocenters. The quantitative estimate of drug-likeness (QED) is 0.871. The summed E-state index contributed by atoms with van der Waals surface area (Å²) in [5.74, 6) is 0.703. The van der Waals surface area contributed by atoms with Crippen LogP contribution in [0.1, 0.15) is 11.4 Å². The Labute approximate surface area is 122 Å². The van der Waals surface area contributed by atoms with Crippen molar-refractivity contribution in [2.45, 2.75) is 13.2 Å². The third kappa shape index (κ3) is 3.51. The molecule has 0 N–H and O–H groups in total. The van der Waals surface area contributed by atoms with Crippen LogP contribution in [0.3, 0.4) is 0 Å². The third-order valence-electron chi connectivity index (χ3n) is 2.92. The first-order chi connectivity index (χ1) is 9.58. The van der Waals surface area contributed by atoms with E-state index < -0.39 is 6.09 Å². The van der Waals surface area contributed by atoms with Crippen molar-refractivity contribution in [1.82, 2.24) is 14.5 Å². The first-order valence-corrected chi connectivity index (χ1v) is 6.53. The van der Waals surface area contributed by atoms with E-state index in [2.05, 4.69) is 4.98 Å². The van der Waals surface area contributed by atoms with Crippen LogP contribution in [0.5, 0.6) is 0 Å². The molecule has 0 aliphatic heterocycles. The van der Waals surface area contributed by atoms with Crippen molar-refractivity contribution >= 4 is 17.7 Å². The molecule has 5 nitrogen and oxygen atoms in total. The van der Waals surface area contributed by atoms with Gasteiger partial charge in [0, 0.05) is 14.1 Å². The topological polar surface area (TPSA) is 47.4 Å². The second kappa shape index (κ2) is 6.43. The molecule has 106 valence electrons. The maximum Gasteiger partial charge on any atom is 0.410 e. The van der Waals surface area contributed by atoms with Gasteiger partial charge in [0.1, 0.15) is 17.6 Å². The smallest absolute Gasteiger partial charge is 0.410 e. The zero-order chi connectivity index (χ0) is 14.5. The number of amides is 1. The van der Waals surface area contributed by atoms with Crippen LogP contribution in [0.15, 0.2) is 36.5 Å². The van der Waals surface area contributed by atoms with Gasteiger partial charge in [0.25, 0.3) is 0 Å². The highest BCUT2D eigenvalue weighted by Gasteiger charge is 2.14. The lowest BCUT2D eigenvalue weighted by Crippen LogP contribution is -2.28. The van der Waals surface area contributed by atoms with E-state index in [0.717, 1.165) is 5.56 Å². The fourth-order valence-corrected chi connectivity index (χ4v) is 1.82. The molecule has 20 heavy (non-hydrogen) atoms. The molecular weight excluding hydrogens is 278 g/mol. The molecule has 0 saturated carbocycles. The minimum absolute atomic E-state index is 0.255. The fraction of sp³-hybridized carbons (Fsp3) is 0.286. The molecule has 2 rings (SSSR count). The molecular formula is C14H16ClN3O2. The van der Waals surface area contributed by atoms with Gasteiger partial charge in [0.15, 0.2) is 0 Å². The van der Waals surface area contributed by atoms with E-state index in [-0.39, 0.29) is 6.61 Å². The summed E-state index contributed by atoms with van der Waals surface area (Å²) >= 11 is 5.90. The standard InChI is InChI=1S/C14H16ClN3O2/c1-17(9-13-16-8-12(15)18(13)2)14(19)20-10-11-6-4-3-5-7-11/h3-8H,9-10H2,1-2H3. The predicted octanol–water partition coefficient (Wildman–Crippen LogP) is 2.84. The van der Waals surface area contributed by atoms with Gasteiger partial charge in [0.05, 0.1) is 12.7 Å². The van der Waals surface area contributed by atoms with Gasteiger partial charge in [-0.3, -0.25) is 0 Å². The van der Waals surface area contributed by atoms with Gasteiger partial charge in [-0.25, -0.2) is 9.78 Å². The van der Waals surface area contributed by atoms with Crippen LogP contribution in [0, 0.1) is 0 Å². The Morgan fingerprint density at radius 1 is 1.40 bits per heavy atom. The van der Waals surface area contributed by atoms with Crippen molar-refractivity contribution in [1.29, 1.82) is 0 Å². The summed E-state index contributed by atoms with van der Waals surface area (Å²) in [5, 5.41) is 0.533. The Morgan fingerprint density at radius 2 is 2.10 bits per heavy atom. The van der Waals surface area contributed by atoms with Crippen molar-refractivity contribution in [3.05, 3.63) is 53.1 Å². The Balaban J connectivity index is 1.88. The van der Waals surface area contributed by atoms with Crippen molar-refractivity contribution in [2.75, 3.05) is 7.05 Å². The van der Waals surface area contributed by atoms with Gasteiger partial charge in [0.2, 0.25) is 0 Å². The van der Waals surface area contributed by atoms with Crippen LogP contribution >= 0.6 is 11.6 Å². The average molecular weight is 294 g/mol. The minimum Gasteiger partial charge on any atom is -0.445 e. The van der Waals surface area contributed by atoms with Crippen molar-refractivity contribution < 1.29 is 9.53 Å². The molecule has 6 heteroatoms. The SMILES string of the molecule is CN(Cc1ncc(Cl)n1C)C(=O)OCc1ccccc1. The number of aromatic nitrogens is 2. The van der Waals surface area contributed by atoms with Crippen molar-refractivity contribution in [2.24, 2.45) is 7.05 Å². The van der Waals surface area contributed by atoms with E-state index in [1.165, 1.54) is 4.90 Å². The Bertz CT molecular complexity index is 583. The number of imidazole rings is 1. The van der Waals surface area contributed by atoms with Gasteiger partial charge in [-0.1, -0.05) is 41.9 Å². The number of halogens is 1. The summed E-state index contributed by atoms with van der Waals surface area (Å²) in [6.07, 6.45) is 1.16. The van der Waals surface area contributed by atoms with E-state index in [1.54, 1.807) is 24.9 Å². The summed E-state index contributed by atoms with van der Waals surface area (Å²) in [6.45, 7) is 0.599. The lowest BCUT2D eigenvalue weighted by Gasteiger charge is -2.16. The highest BCUT2D eigenvalue weighted by Crippen LogP contribution is 2.11. The van der Waals surface area contributed by atoms with Crippen molar-refractivity contribution in [3.8, 4) is 0 Å². The van der Waals surface area contributed by atoms with E-state index in [9.17, 15) is 4.79 Å². The van der Waals surface area contributed by atoms with E-state index in [0.29, 0.717) is 17.5 Å². The third-order valence-corrected chi connectivity index (χ3v) is 3.27. The van der Waals surface area contributed by atoms with E-state index >= 15 is 0 Å². The number of benzene rings is 1. The minimum atomic E-state index is -0.395. The van der Waals surface area contributed by atoms with Crippen LogP contribution in [-0.4, -0.2) is 27.6 Å². The largest absolute Gasteiger partial charge is 0.445 e. The molecule has 1 aromatic carbocycles. The lowest BCUT2D eigenvalue weighted by atomic mass is 10.2. The molecule has 1 amide bonds. The number of hydrogen-bond acceptors (Lipinski definition) is 3. The summed E-state index contributed by atoms with van der Waals surface area (Å²) in [4.78, 5) is 17.5. The molecule has 0 bridgehead atoms. The Morgan fingerprint density at radius 3 is 2.70 bits per heavy atom. The average Bonchev–Trinajstić information content (AvgIpc) is 2.78. The second-order valence-corrected chi connectivity index (χ2v) is 4.84. The maximum atomic E-state index is 11.9. The molecule has 0 spiro atoms. The molecule has 0 saturated heterocycles. The molecule has 1 heterocycles. The summed E-state index contributed by atoms with van der Waals surface area (Å²) < 4.78 is 6.95. The summed E-state index contributed by atoms with van der Waals surface area (Å²) in [5.41, 5.74) is 0.953. The fourth-order valence-electron chi connectivity index (χ4n) is 1.68. The van der Waals surface area contributed by atoms with E-state index in [4.69, 9.17) is 16.3 Å². The van der Waals surface area contributed by atoms with Gasteiger partial charge in [-0.05, 0) is 5.56 Å². The zero-order valence-electron chi connectivity index (χ0n) is 11.4. The highest BCUT2D eigenvalue weighted by molar-refractivity contribution is 6.29. The van der Waals surface area contributed by atoms with E-state index in [1.807, 2.05) is 30.3 Å². The molecule has 0 fully saturated rings. The molecule has 0 aliphatic carbocycles. The zero-order valence-corrected chi connectivity index (χ0v) is 12.2. The second-order valence-electron chi connectivity index (χ2n) is 4.45. The highest BCUT2D eigenvalue weighted by atomic mass is 35.5. The number of carbonyl (C=O) groups excluding carboxylic acids is 1. The molecule has 0 unspecified atom stereocenters. The normalized spacial score (nSPS) is 10.3. The monoisotopic (exact) mass is 293 g/mol. The number of nitrogens with zero attached hydrogens (tertiary/aromatic N) is 3. The maximum absolute atomic E-state index is 11.9. The van der Waals surface area contributed by atoms with Crippen molar-refractivity contribution in [3.63, 3.8) is 0 Å². The van der Waals surface area contributed by atoms with Crippen LogP contribution in [0.2, 0.25) is 5.15 Å².